The summed E-state index contributed by atoms with van der Waals surface area (Å²) >= 11 is 0. The van der Waals surface area contributed by atoms with Crippen LogP contribution in [0.4, 0.5) is 4.39 Å². The molecule has 1 aliphatic carbocycles. The maximum absolute atomic E-state index is 13.2. The minimum Gasteiger partial charge on any atom is -0.271 e. The number of hydrogen-bond donors (Lipinski definition) is 2. The van der Waals surface area contributed by atoms with Gasteiger partial charge in [-0.15, -0.1) is 0 Å². The van der Waals surface area contributed by atoms with Gasteiger partial charge in [-0.2, -0.15) is 0 Å². The van der Waals surface area contributed by atoms with E-state index in [9.17, 15) is 4.39 Å². The van der Waals surface area contributed by atoms with E-state index in [1.807, 2.05) is 13.0 Å². The third-order valence-electron chi connectivity index (χ3n) is 4.93. The highest BCUT2D eigenvalue weighted by molar-refractivity contribution is 5.27. The second-order valence-electron chi connectivity index (χ2n) is 6.25. The Morgan fingerprint density at radius 3 is 2.85 bits per heavy atom. The predicted molar refractivity (Wildman–Crippen MR) is 81.7 cm³/mol. The topological polar surface area (TPSA) is 38.0 Å². The van der Waals surface area contributed by atoms with Crippen molar-refractivity contribution in [2.75, 3.05) is 0 Å². The van der Waals surface area contributed by atoms with E-state index in [1.165, 1.54) is 37.7 Å². The van der Waals surface area contributed by atoms with Crippen LogP contribution in [0.15, 0.2) is 18.2 Å². The Morgan fingerprint density at radius 2 is 2.20 bits per heavy atom. The van der Waals surface area contributed by atoms with Crippen LogP contribution >= 0.6 is 0 Å². The van der Waals surface area contributed by atoms with Crippen LogP contribution in [-0.4, -0.2) is 6.04 Å². The number of benzene rings is 1. The zero-order valence-corrected chi connectivity index (χ0v) is 12.7. The Balaban J connectivity index is 2.04. The molecule has 0 saturated heterocycles. The van der Waals surface area contributed by atoms with E-state index in [2.05, 4.69) is 12.3 Å². The maximum Gasteiger partial charge on any atom is 0.123 e. The summed E-state index contributed by atoms with van der Waals surface area (Å²) in [5, 5.41) is 0. The number of nitrogens with two attached hydrogens (primary N) is 1. The lowest BCUT2D eigenvalue weighted by atomic mass is 9.75. The monoisotopic (exact) mass is 278 g/mol. The van der Waals surface area contributed by atoms with Crippen molar-refractivity contribution in [1.29, 1.82) is 0 Å². The van der Waals surface area contributed by atoms with Gasteiger partial charge in [0.15, 0.2) is 0 Å². The zero-order chi connectivity index (χ0) is 14.5. The standard InChI is InChI=1S/C17H27FN2/c1-3-13-5-4-6-15(10-13)17(20-19)11-14-7-8-16(18)9-12(14)2/h7-9,13,15,17,20H,3-6,10-11,19H2,1-2H3. The van der Waals surface area contributed by atoms with Gasteiger partial charge in [-0.05, 0) is 61.3 Å². The smallest absolute Gasteiger partial charge is 0.123 e. The highest BCUT2D eigenvalue weighted by Gasteiger charge is 2.27. The van der Waals surface area contributed by atoms with E-state index >= 15 is 0 Å². The third kappa shape index (κ3) is 3.80. The molecule has 1 aromatic rings. The van der Waals surface area contributed by atoms with Gasteiger partial charge >= 0.3 is 0 Å². The van der Waals surface area contributed by atoms with Crippen LogP contribution in [0.5, 0.6) is 0 Å². The molecule has 1 saturated carbocycles. The van der Waals surface area contributed by atoms with E-state index in [0.29, 0.717) is 12.0 Å². The summed E-state index contributed by atoms with van der Waals surface area (Å²) in [6, 6.07) is 5.35. The summed E-state index contributed by atoms with van der Waals surface area (Å²) in [4.78, 5) is 0. The molecule has 0 amide bonds. The molecule has 0 radical (unpaired) electrons. The molecule has 0 bridgehead atoms. The van der Waals surface area contributed by atoms with Gasteiger partial charge in [-0.3, -0.25) is 11.3 Å². The molecule has 20 heavy (non-hydrogen) atoms. The number of nitrogens with one attached hydrogen (secondary N) is 1. The molecule has 1 fully saturated rings. The molecule has 3 unspecified atom stereocenters. The van der Waals surface area contributed by atoms with Crippen LogP contribution in [0.1, 0.15) is 50.2 Å². The van der Waals surface area contributed by atoms with E-state index in [4.69, 9.17) is 5.84 Å². The Bertz CT molecular complexity index is 433. The lowest BCUT2D eigenvalue weighted by Crippen LogP contribution is -2.44. The summed E-state index contributed by atoms with van der Waals surface area (Å²) in [7, 11) is 0. The number of hydrogen-bond acceptors (Lipinski definition) is 2. The van der Waals surface area contributed by atoms with Crippen molar-refractivity contribution < 1.29 is 4.39 Å². The minimum absolute atomic E-state index is 0.160. The number of rotatable bonds is 5. The van der Waals surface area contributed by atoms with Crippen LogP contribution < -0.4 is 11.3 Å². The molecule has 0 heterocycles. The van der Waals surface area contributed by atoms with E-state index in [0.717, 1.165) is 17.9 Å². The van der Waals surface area contributed by atoms with Gasteiger partial charge in [0.2, 0.25) is 0 Å². The summed E-state index contributed by atoms with van der Waals surface area (Å²) in [6.45, 7) is 4.25. The summed E-state index contributed by atoms with van der Waals surface area (Å²) < 4.78 is 13.2. The van der Waals surface area contributed by atoms with Crippen molar-refractivity contribution in [1.82, 2.24) is 5.43 Å². The molecule has 0 spiro atoms. The van der Waals surface area contributed by atoms with Crippen molar-refractivity contribution in [3.63, 3.8) is 0 Å². The van der Waals surface area contributed by atoms with E-state index in [1.54, 1.807) is 12.1 Å². The average molecular weight is 278 g/mol. The molecule has 0 aromatic heterocycles. The molecule has 1 aliphatic rings. The highest BCUT2D eigenvalue weighted by atomic mass is 19.1. The molecule has 3 heteroatoms. The number of aryl methyl sites for hydroxylation is 1. The van der Waals surface area contributed by atoms with Gasteiger partial charge < -0.3 is 0 Å². The molecule has 2 rings (SSSR count). The Labute approximate surface area is 121 Å². The number of hydrazine groups is 1. The molecule has 112 valence electrons. The first-order valence-electron chi connectivity index (χ1n) is 7.85. The Kier molecular flexibility index (Phi) is 5.55. The van der Waals surface area contributed by atoms with Gasteiger partial charge in [0.05, 0.1) is 0 Å². The SMILES string of the molecule is CCC1CCCC(C(Cc2ccc(F)cc2C)NN)C1. The first kappa shape index (κ1) is 15.5. The van der Waals surface area contributed by atoms with Crippen LogP contribution in [0, 0.1) is 24.6 Å². The molecular formula is C17H27FN2. The van der Waals surface area contributed by atoms with E-state index in [-0.39, 0.29) is 5.82 Å². The van der Waals surface area contributed by atoms with Gasteiger partial charge in [0, 0.05) is 6.04 Å². The predicted octanol–water partition coefficient (Wildman–Crippen LogP) is 3.72. The molecule has 3 atom stereocenters. The molecule has 2 nitrogen and oxygen atoms in total. The molecule has 0 aliphatic heterocycles. The van der Waals surface area contributed by atoms with Gasteiger partial charge in [-0.25, -0.2) is 4.39 Å². The first-order valence-corrected chi connectivity index (χ1v) is 7.85. The van der Waals surface area contributed by atoms with Gasteiger partial charge in [-0.1, -0.05) is 32.3 Å². The fraction of sp³-hybridized carbons (Fsp3) is 0.647. The van der Waals surface area contributed by atoms with Crippen LogP contribution in [0.2, 0.25) is 0 Å². The maximum atomic E-state index is 13.2. The fourth-order valence-corrected chi connectivity index (χ4v) is 3.56. The van der Waals surface area contributed by atoms with Gasteiger partial charge in [0.1, 0.15) is 5.82 Å². The molecule has 3 N–H and O–H groups in total. The van der Waals surface area contributed by atoms with Crippen LogP contribution in [0.3, 0.4) is 0 Å². The second kappa shape index (κ2) is 7.19. The lowest BCUT2D eigenvalue weighted by Gasteiger charge is -2.34. The summed E-state index contributed by atoms with van der Waals surface area (Å²) in [5.41, 5.74) is 5.24. The number of halogens is 1. The average Bonchev–Trinajstić information content (AvgIpc) is 2.46. The summed E-state index contributed by atoms with van der Waals surface area (Å²) in [5.74, 6) is 7.12. The van der Waals surface area contributed by atoms with Crippen molar-refractivity contribution in [2.45, 2.75) is 58.4 Å². The normalized spacial score (nSPS) is 24.6. The van der Waals surface area contributed by atoms with Crippen molar-refractivity contribution >= 4 is 0 Å². The quantitative estimate of drug-likeness (QED) is 0.636. The van der Waals surface area contributed by atoms with E-state index < -0.39 is 0 Å². The lowest BCUT2D eigenvalue weighted by molar-refractivity contribution is 0.208. The second-order valence-corrected chi connectivity index (χ2v) is 6.25. The highest BCUT2D eigenvalue weighted by Crippen LogP contribution is 2.33. The van der Waals surface area contributed by atoms with Crippen molar-refractivity contribution in [3.8, 4) is 0 Å². The Hall–Kier alpha value is -0.930. The van der Waals surface area contributed by atoms with Gasteiger partial charge in [0.25, 0.3) is 0 Å². The molecular weight excluding hydrogens is 251 g/mol. The summed E-state index contributed by atoms with van der Waals surface area (Å²) in [6.07, 6.45) is 7.36. The van der Waals surface area contributed by atoms with Crippen LogP contribution in [0.25, 0.3) is 0 Å². The minimum atomic E-state index is -0.160. The Morgan fingerprint density at radius 1 is 1.40 bits per heavy atom. The van der Waals surface area contributed by atoms with Crippen LogP contribution in [-0.2, 0) is 6.42 Å². The van der Waals surface area contributed by atoms with Crippen molar-refractivity contribution in [3.05, 3.63) is 35.1 Å². The first-order chi connectivity index (χ1) is 9.63. The fourth-order valence-electron chi connectivity index (χ4n) is 3.56. The molecule has 1 aromatic carbocycles. The largest absolute Gasteiger partial charge is 0.271 e. The van der Waals surface area contributed by atoms with Crippen molar-refractivity contribution in [2.24, 2.45) is 17.7 Å². The zero-order valence-electron chi connectivity index (χ0n) is 12.7. The third-order valence-corrected chi connectivity index (χ3v) is 4.93.